The van der Waals surface area contributed by atoms with Crippen LogP contribution in [0.5, 0.6) is 0 Å². The van der Waals surface area contributed by atoms with Gasteiger partial charge < -0.3 is 10.1 Å². The Morgan fingerprint density at radius 2 is 2.33 bits per heavy atom. The molecule has 1 fully saturated rings. The molecule has 1 aliphatic heterocycles. The van der Waals surface area contributed by atoms with E-state index in [2.05, 4.69) is 10.1 Å². The van der Waals surface area contributed by atoms with E-state index in [-0.39, 0.29) is 18.3 Å². The molecule has 15 heavy (non-hydrogen) atoms. The average molecular weight is 214 g/mol. The van der Waals surface area contributed by atoms with Crippen molar-refractivity contribution in [2.75, 3.05) is 20.7 Å². The van der Waals surface area contributed by atoms with Gasteiger partial charge in [-0.2, -0.15) is 0 Å². The zero-order chi connectivity index (χ0) is 11.4. The van der Waals surface area contributed by atoms with Gasteiger partial charge in [0.25, 0.3) is 0 Å². The molecule has 0 aromatic carbocycles. The maximum absolute atomic E-state index is 11.7. The fourth-order valence-electron chi connectivity index (χ4n) is 1.70. The number of amides is 1. The molecule has 5 heteroatoms. The van der Waals surface area contributed by atoms with Gasteiger partial charge in [0.15, 0.2) is 0 Å². The van der Waals surface area contributed by atoms with Gasteiger partial charge in [-0.1, -0.05) is 0 Å². The van der Waals surface area contributed by atoms with Crippen LogP contribution in [0.15, 0.2) is 0 Å². The van der Waals surface area contributed by atoms with E-state index in [0.717, 1.165) is 6.42 Å². The SMILES string of the molecule is COC(=O)CC1C(=O)NCCC(C)N1C. The molecule has 86 valence electrons. The second-order valence-electron chi connectivity index (χ2n) is 3.89. The number of hydrogen-bond acceptors (Lipinski definition) is 4. The molecule has 5 nitrogen and oxygen atoms in total. The van der Waals surface area contributed by atoms with Crippen LogP contribution in [0.1, 0.15) is 19.8 Å². The highest BCUT2D eigenvalue weighted by molar-refractivity contribution is 5.86. The Morgan fingerprint density at radius 1 is 1.67 bits per heavy atom. The smallest absolute Gasteiger partial charge is 0.307 e. The van der Waals surface area contributed by atoms with Gasteiger partial charge >= 0.3 is 5.97 Å². The van der Waals surface area contributed by atoms with Gasteiger partial charge in [0.2, 0.25) is 5.91 Å². The van der Waals surface area contributed by atoms with Crippen molar-refractivity contribution < 1.29 is 14.3 Å². The Morgan fingerprint density at radius 3 is 2.93 bits per heavy atom. The van der Waals surface area contributed by atoms with Gasteiger partial charge in [0.1, 0.15) is 0 Å². The number of hydrogen-bond donors (Lipinski definition) is 1. The lowest BCUT2D eigenvalue weighted by Gasteiger charge is -2.27. The molecule has 0 saturated carbocycles. The summed E-state index contributed by atoms with van der Waals surface area (Å²) < 4.78 is 4.58. The summed E-state index contributed by atoms with van der Waals surface area (Å²) >= 11 is 0. The predicted octanol–water partition coefficient (Wildman–Crippen LogP) is -0.242. The van der Waals surface area contributed by atoms with Gasteiger partial charge in [0.05, 0.1) is 19.6 Å². The van der Waals surface area contributed by atoms with E-state index in [1.165, 1.54) is 7.11 Å². The lowest BCUT2D eigenvalue weighted by Crippen LogP contribution is -2.46. The van der Waals surface area contributed by atoms with E-state index in [1.807, 2.05) is 18.9 Å². The van der Waals surface area contributed by atoms with Crippen molar-refractivity contribution >= 4 is 11.9 Å². The molecule has 1 heterocycles. The molecule has 0 spiro atoms. The average Bonchev–Trinajstić information content (AvgIpc) is 2.33. The number of esters is 1. The van der Waals surface area contributed by atoms with Crippen molar-refractivity contribution in [3.63, 3.8) is 0 Å². The van der Waals surface area contributed by atoms with E-state index < -0.39 is 6.04 Å². The summed E-state index contributed by atoms with van der Waals surface area (Å²) in [5, 5.41) is 2.80. The minimum atomic E-state index is -0.407. The summed E-state index contributed by atoms with van der Waals surface area (Å²) in [6.45, 7) is 2.71. The van der Waals surface area contributed by atoms with E-state index in [9.17, 15) is 9.59 Å². The van der Waals surface area contributed by atoms with Crippen molar-refractivity contribution in [1.29, 1.82) is 0 Å². The fraction of sp³-hybridized carbons (Fsp3) is 0.800. The number of carbonyl (C=O) groups excluding carboxylic acids is 2. The van der Waals surface area contributed by atoms with Gasteiger partial charge in [-0.3, -0.25) is 14.5 Å². The number of ether oxygens (including phenoxy) is 1. The second kappa shape index (κ2) is 5.11. The molecule has 2 atom stereocenters. The first-order valence-electron chi connectivity index (χ1n) is 5.12. The molecule has 0 aromatic rings. The van der Waals surface area contributed by atoms with E-state index in [4.69, 9.17) is 0 Å². The molecule has 0 aromatic heterocycles. The monoisotopic (exact) mass is 214 g/mol. The number of rotatable bonds is 2. The maximum Gasteiger partial charge on any atom is 0.307 e. The van der Waals surface area contributed by atoms with Crippen LogP contribution in [0.2, 0.25) is 0 Å². The first-order chi connectivity index (χ1) is 7.06. The topological polar surface area (TPSA) is 58.6 Å². The molecule has 0 radical (unpaired) electrons. The number of nitrogens with zero attached hydrogens (tertiary/aromatic N) is 1. The van der Waals surface area contributed by atoms with Crippen LogP contribution in [0, 0.1) is 0 Å². The number of carbonyl (C=O) groups is 2. The first kappa shape index (κ1) is 12.0. The normalized spacial score (nSPS) is 28.1. The third kappa shape index (κ3) is 2.92. The first-order valence-corrected chi connectivity index (χ1v) is 5.12. The van der Waals surface area contributed by atoms with Crippen LogP contribution in [0.3, 0.4) is 0 Å². The Kier molecular flexibility index (Phi) is 4.08. The summed E-state index contributed by atoms with van der Waals surface area (Å²) in [6.07, 6.45) is 1.02. The maximum atomic E-state index is 11.7. The van der Waals surface area contributed by atoms with Gasteiger partial charge in [-0.25, -0.2) is 0 Å². The van der Waals surface area contributed by atoms with Crippen LogP contribution in [-0.4, -0.2) is 49.6 Å². The lowest BCUT2D eigenvalue weighted by molar-refractivity contribution is -0.144. The molecule has 1 amide bonds. The van der Waals surface area contributed by atoms with Crippen molar-refractivity contribution in [2.24, 2.45) is 0 Å². The molecular weight excluding hydrogens is 196 g/mol. The summed E-state index contributed by atoms with van der Waals surface area (Å²) in [4.78, 5) is 24.8. The summed E-state index contributed by atoms with van der Waals surface area (Å²) in [5.41, 5.74) is 0. The van der Waals surface area contributed by atoms with Crippen molar-refractivity contribution in [2.45, 2.75) is 31.8 Å². The van der Waals surface area contributed by atoms with E-state index in [0.29, 0.717) is 12.6 Å². The molecule has 1 N–H and O–H groups in total. The molecule has 0 aliphatic carbocycles. The zero-order valence-corrected chi connectivity index (χ0v) is 9.45. The highest BCUT2D eigenvalue weighted by atomic mass is 16.5. The van der Waals surface area contributed by atoms with Crippen LogP contribution in [0.4, 0.5) is 0 Å². The molecule has 1 saturated heterocycles. The third-order valence-corrected chi connectivity index (χ3v) is 2.94. The number of methoxy groups -OCH3 is 1. The van der Waals surface area contributed by atoms with E-state index >= 15 is 0 Å². The minimum absolute atomic E-state index is 0.0905. The summed E-state index contributed by atoms with van der Waals surface area (Å²) in [6, 6.07) is -0.117. The molecule has 2 unspecified atom stereocenters. The van der Waals surface area contributed by atoms with Crippen LogP contribution in [-0.2, 0) is 14.3 Å². The van der Waals surface area contributed by atoms with Gasteiger partial charge in [-0.15, -0.1) is 0 Å². The summed E-state index contributed by atoms with van der Waals surface area (Å²) in [5.74, 6) is -0.441. The quantitative estimate of drug-likeness (QED) is 0.644. The summed E-state index contributed by atoms with van der Waals surface area (Å²) in [7, 11) is 3.20. The van der Waals surface area contributed by atoms with Crippen molar-refractivity contribution in [1.82, 2.24) is 10.2 Å². The second-order valence-corrected chi connectivity index (χ2v) is 3.89. The molecule has 1 aliphatic rings. The van der Waals surface area contributed by atoms with Gasteiger partial charge in [-0.05, 0) is 20.4 Å². The largest absolute Gasteiger partial charge is 0.469 e. The van der Waals surface area contributed by atoms with Gasteiger partial charge in [0, 0.05) is 12.6 Å². The lowest BCUT2D eigenvalue weighted by atomic mass is 10.1. The molecular formula is C10H18N2O3. The Bertz CT molecular complexity index is 255. The standard InChI is InChI=1S/C10H18N2O3/c1-7-4-5-11-10(14)8(12(7)2)6-9(13)15-3/h7-8H,4-6H2,1-3H3,(H,11,14). The number of likely N-dealkylation sites (N-methyl/N-ethyl adjacent to an activating group) is 1. The predicted molar refractivity (Wildman–Crippen MR) is 55.3 cm³/mol. The van der Waals surface area contributed by atoms with Crippen LogP contribution >= 0.6 is 0 Å². The van der Waals surface area contributed by atoms with Crippen molar-refractivity contribution in [3.05, 3.63) is 0 Å². The minimum Gasteiger partial charge on any atom is -0.469 e. The third-order valence-electron chi connectivity index (χ3n) is 2.94. The Hall–Kier alpha value is -1.10. The molecule has 0 bridgehead atoms. The fourth-order valence-corrected chi connectivity index (χ4v) is 1.70. The highest BCUT2D eigenvalue weighted by Crippen LogP contribution is 2.13. The van der Waals surface area contributed by atoms with Crippen molar-refractivity contribution in [3.8, 4) is 0 Å². The highest BCUT2D eigenvalue weighted by Gasteiger charge is 2.31. The van der Waals surface area contributed by atoms with E-state index in [1.54, 1.807) is 0 Å². The molecule has 1 rings (SSSR count). The van der Waals surface area contributed by atoms with Crippen LogP contribution < -0.4 is 5.32 Å². The number of nitrogens with one attached hydrogen (secondary N) is 1. The van der Waals surface area contributed by atoms with Crippen LogP contribution in [0.25, 0.3) is 0 Å². The Balaban J connectivity index is 2.71. The zero-order valence-electron chi connectivity index (χ0n) is 9.45. The Labute approximate surface area is 89.8 Å².